The first-order chi connectivity index (χ1) is 10.6. The van der Waals surface area contributed by atoms with Gasteiger partial charge in [0.2, 0.25) is 0 Å². The quantitative estimate of drug-likeness (QED) is 0.694. The Bertz CT molecular complexity index is 685. The molecule has 23 heavy (non-hydrogen) atoms. The normalized spacial score (nSPS) is 26.7. The van der Waals surface area contributed by atoms with Crippen LogP contribution in [-0.2, 0) is 9.53 Å². The predicted molar refractivity (Wildman–Crippen MR) is 85.6 cm³/mol. The summed E-state index contributed by atoms with van der Waals surface area (Å²) in [6, 6.07) is 4.81. The van der Waals surface area contributed by atoms with Crippen molar-refractivity contribution in [3.05, 3.63) is 28.8 Å². The molecule has 2 atom stereocenters. The molecule has 0 bridgehead atoms. The lowest BCUT2D eigenvalue weighted by atomic mass is 9.81. The molecule has 0 radical (unpaired) electrons. The first-order valence-corrected chi connectivity index (χ1v) is 8.07. The van der Waals surface area contributed by atoms with E-state index < -0.39 is 29.2 Å². The lowest BCUT2D eigenvalue weighted by Gasteiger charge is -2.39. The Morgan fingerprint density at radius 2 is 2.13 bits per heavy atom. The van der Waals surface area contributed by atoms with Gasteiger partial charge >= 0.3 is 6.09 Å². The van der Waals surface area contributed by atoms with Crippen molar-refractivity contribution in [3.8, 4) is 0 Å². The highest BCUT2D eigenvalue weighted by atomic mass is 35.5. The predicted octanol–water partition coefficient (Wildman–Crippen LogP) is 4.60. The van der Waals surface area contributed by atoms with Crippen molar-refractivity contribution in [3.63, 3.8) is 0 Å². The van der Waals surface area contributed by atoms with Crippen molar-refractivity contribution in [2.45, 2.75) is 57.2 Å². The van der Waals surface area contributed by atoms with E-state index in [1.54, 1.807) is 39.0 Å². The zero-order chi connectivity index (χ0) is 17.0. The number of carbonyl (C=O) groups is 2. The summed E-state index contributed by atoms with van der Waals surface area (Å²) in [5, 5.41) is 0.455. The van der Waals surface area contributed by atoms with Gasteiger partial charge in [0.05, 0.1) is 5.69 Å². The number of fused-ring (bicyclic) bond motifs is 3. The number of alkyl halides is 1. The molecule has 1 aliphatic heterocycles. The minimum absolute atomic E-state index is 0.113. The number of halogens is 2. The molecule has 2 amide bonds. The van der Waals surface area contributed by atoms with Crippen LogP contribution in [0.3, 0.4) is 0 Å². The first kappa shape index (κ1) is 16.2. The Balaban J connectivity index is 2.11. The Labute approximate surface area is 139 Å². The van der Waals surface area contributed by atoms with Gasteiger partial charge in [-0.05, 0) is 63.8 Å². The number of amides is 2. The van der Waals surface area contributed by atoms with Gasteiger partial charge in [-0.1, -0.05) is 11.6 Å². The van der Waals surface area contributed by atoms with Gasteiger partial charge in [0.1, 0.15) is 5.60 Å². The van der Waals surface area contributed by atoms with Gasteiger partial charge in [-0.25, -0.2) is 14.1 Å². The Kier molecular flexibility index (Phi) is 3.67. The van der Waals surface area contributed by atoms with Crippen LogP contribution in [0.2, 0.25) is 5.02 Å². The van der Waals surface area contributed by atoms with E-state index in [1.807, 2.05) is 0 Å². The second-order valence-electron chi connectivity index (χ2n) is 7.13. The summed E-state index contributed by atoms with van der Waals surface area (Å²) in [6.07, 6.45) is 0.425. The van der Waals surface area contributed by atoms with Crippen molar-refractivity contribution < 1.29 is 18.7 Å². The molecular weight excluding hydrogens is 321 g/mol. The largest absolute Gasteiger partial charge is 0.443 e. The van der Waals surface area contributed by atoms with Crippen molar-refractivity contribution in [1.29, 1.82) is 0 Å². The number of rotatable bonds is 0. The van der Waals surface area contributed by atoms with Gasteiger partial charge in [0.25, 0.3) is 5.91 Å². The van der Waals surface area contributed by atoms with Gasteiger partial charge in [0.15, 0.2) is 5.67 Å². The van der Waals surface area contributed by atoms with Crippen LogP contribution >= 0.6 is 11.6 Å². The summed E-state index contributed by atoms with van der Waals surface area (Å²) in [7, 11) is 0. The lowest BCUT2D eigenvalue weighted by molar-refractivity contribution is -0.131. The third-order valence-corrected chi connectivity index (χ3v) is 4.56. The molecule has 0 aromatic heterocycles. The topological polar surface area (TPSA) is 46.6 Å². The van der Waals surface area contributed by atoms with Crippen LogP contribution in [0.1, 0.15) is 51.5 Å². The molecular formula is C17H19ClFNO3. The third kappa shape index (κ3) is 2.61. The number of anilines is 1. The van der Waals surface area contributed by atoms with Crippen molar-refractivity contribution in [1.82, 2.24) is 0 Å². The van der Waals surface area contributed by atoms with Crippen LogP contribution in [0, 0.1) is 0 Å². The summed E-state index contributed by atoms with van der Waals surface area (Å²) >= 11 is 6.04. The second-order valence-corrected chi connectivity index (χ2v) is 7.57. The van der Waals surface area contributed by atoms with Crippen LogP contribution < -0.4 is 4.90 Å². The van der Waals surface area contributed by atoms with Crippen molar-refractivity contribution in [2.75, 3.05) is 4.90 Å². The number of hydrogen-bond acceptors (Lipinski definition) is 3. The maximum absolute atomic E-state index is 15.4. The van der Waals surface area contributed by atoms with Crippen LogP contribution in [0.15, 0.2) is 18.2 Å². The molecule has 4 nitrogen and oxygen atoms in total. The zero-order valence-corrected chi connectivity index (χ0v) is 14.1. The van der Waals surface area contributed by atoms with E-state index in [2.05, 4.69) is 0 Å². The number of hydrogen-bond donors (Lipinski definition) is 0. The van der Waals surface area contributed by atoms with Gasteiger partial charge in [-0.2, -0.15) is 0 Å². The van der Waals surface area contributed by atoms with Crippen LogP contribution in [0.5, 0.6) is 0 Å². The number of imide groups is 1. The summed E-state index contributed by atoms with van der Waals surface area (Å²) in [5.41, 5.74) is -1.87. The molecule has 1 aromatic carbocycles. The van der Waals surface area contributed by atoms with Gasteiger partial charge in [-0.3, -0.25) is 4.79 Å². The molecule has 6 heteroatoms. The third-order valence-electron chi connectivity index (χ3n) is 4.33. The molecule has 1 fully saturated rings. The molecule has 1 aliphatic carbocycles. The smallest absolute Gasteiger partial charge is 0.421 e. The molecule has 2 unspecified atom stereocenters. The summed E-state index contributed by atoms with van der Waals surface area (Å²) in [5.74, 6) is -1.38. The number of carbonyl (C=O) groups excluding carboxylic acids is 2. The molecule has 3 rings (SSSR count). The Morgan fingerprint density at radius 1 is 1.43 bits per heavy atom. The highest BCUT2D eigenvalue weighted by Crippen LogP contribution is 2.53. The molecule has 124 valence electrons. The van der Waals surface area contributed by atoms with E-state index in [9.17, 15) is 9.59 Å². The van der Waals surface area contributed by atoms with Gasteiger partial charge in [0, 0.05) is 10.9 Å². The van der Waals surface area contributed by atoms with Crippen LogP contribution in [-0.4, -0.2) is 23.3 Å². The van der Waals surface area contributed by atoms with Gasteiger partial charge < -0.3 is 4.74 Å². The van der Waals surface area contributed by atoms with E-state index in [0.717, 1.165) is 4.90 Å². The molecule has 0 saturated heterocycles. The average molecular weight is 340 g/mol. The fourth-order valence-corrected chi connectivity index (χ4v) is 3.60. The molecule has 1 saturated carbocycles. The van der Waals surface area contributed by atoms with Gasteiger partial charge in [-0.15, -0.1) is 0 Å². The minimum Gasteiger partial charge on any atom is -0.443 e. The molecule has 0 N–H and O–H groups in total. The van der Waals surface area contributed by atoms with Crippen LogP contribution in [0.25, 0.3) is 0 Å². The highest BCUT2D eigenvalue weighted by Gasteiger charge is 2.58. The standard InChI is InChI=1S/C17H19ClFNO3/c1-16(2,3)23-15(22)20-13-7-6-10(18)9-11(13)12-5-4-8-17(12,19)14(20)21/h6-7,9,12H,4-5,8H2,1-3H3. The van der Waals surface area contributed by atoms with Crippen molar-refractivity contribution >= 4 is 29.3 Å². The number of benzene rings is 1. The zero-order valence-electron chi connectivity index (χ0n) is 13.4. The van der Waals surface area contributed by atoms with E-state index in [0.29, 0.717) is 29.1 Å². The van der Waals surface area contributed by atoms with E-state index >= 15 is 4.39 Å². The minimum atomic E-state index is -2.06. The highest BCUT2D eigenvalue weighted by molar-refractivity contribution is 6.31. The summed E-state index contributed by atoms with van der Waals surface area (Å²) in [6.45, 7) is 5.10. The van der Waals surface area contributed by atoms with Crippen molar-refractivity contribution in [2.24, 2.45) is 0 Å². The monoisotopic (exact) mass is 339 g/mol. The maximum Gasteiger partial charge on any atom is 0.421 e. The summed E-state index contributed by atoms with van der Waals surface area (Å²) < 4.78 is 20.7. The number of ether oxygens (including phenoxy) is 1. The van der Waals surface area contributed by atoms with E-state index in [-0.39, 0.29) is 6.42 Å². The maximum atomic E-state index is 15.4. The second kappa shape index (κ2) is 5.20. The van der Waals surface area contributed by atoms with E-state index in [4.69, 9.17) is 16.3 Å². The molecule has 1 heterocycles. The molecule has 1 aromatic rings. The fourth-order valence-electron chi connectivity index (χ4n) is 3.42. The molecule has 2 aliphatic rings. The summed E-state index contributed by atoms with van der Waals surface area (Å²) in [4.78, 5) is 26.0. The first-order valence-electron chi connectivity index (χ1n) is 7.69. The fraction of sp³-hybridized carbons (Fsp3) is 0.529. The molecule has 0 spiro atoms. The average Bonchev–Trinajstić information content (AvgIpc) is 2.81. The Morgan fingerprint density at radius 3 is 2.78 bits per heavy atom. The Hall–Kier alpha value is -1.62. The SMILES string of the molecule is CC(C)(C)OC(=O)N1C(=O)C2(F)CCCC2c2cc(Cl)ccc21. The van der Waals surface area contributed by atoms with Crippen LogP contribution in [0.4, 0.5) is 14.9 Å². The van der Waals surface area contributed by atoms with E-state index in [1.165, 1.54) is 0 Å². The number of nitrogens with zero attached hydrogens (tertiary/aromatic N) is 1. The lowest BCUT2D eigenvalue weighted by Crippen LogP contribution is -2.55.